The van der Waals surface area contributed by atoms with Crippen LogP contribution in [0.5, 0.6) is 0 Å². The van der Waals surface area contributed by atoms with Crippen LogP contribution in [0.3, 0.4) is 0 Å². The molecule has 0 radical (unpaired) electrons. The number of furan rings is 1. The van der Waals surface area contributed by atoms with Gasteiger partial charge in [-0.15, -0.1) is 0 Å². The first-order chi connectivity index (χ1) is 10.1. The van der Waals surface area contributed by atoms with Crippen LogP contribution in [0.25, 0.3) is 11.0 Å². The molecule has 0 saturated carbocycles. The minimum Gasteiger partial charge on any atom is -0.459 e. The molecule has 3 rings (SSSR count). The van der Waals surface area contributed by atoms with Gasteiger partial charge in [0.2, 0.25) is 0 Å². The predicted octanol–water partition coefficient (Wildman–Crippen LogP) is 5.73. The SMILES string of the molecule is Cc1c(C(C)Nc2cc(Br)cnc2Cl)oc2ccccc12. The highest BCUT2D eigenvalue weighted by molar-refractivity contribution is 9.10. The van der Waals surface area contributed by atoms with Gasteiger partial charge in [0.25, 0.3) is 0 Å². The molecule has 0 bridgehead atoms. The fourth-order valence-electron chi connectivity index (χ4n) is 2.43. The summed E-state index contributed by atoms with van der Waals surface area (Å²) in [5.74, 6) is 0.909. The van der Waals surface area contributed by atoms with E-state index in [1.165, 1.54) is 0 Å². The molecule has 0 aliphatic carbocycles. The summed E-state index contributed by atoms with van der Waals surface area (Å²) in [5, 5.41) is 4.93. The minimum absolute atomic E-state index is 0.00833. The van der Waals surface area contributed by atoms with E-state index >= 15 is 0 Å². The van der Waals surface area contributed by atoms with Crippen molar-refractivity contribution in [2.75, 3.05) is 5.32 Å². The van der Waals surface area contributed by atoms with Crippen molar-refractivity contribution in [3.8, 4) is 0 Å². The lowest BCUT2D eigenvalue weighted by Crippen LogP contribution is -2.07. The van der Waals surface area contributed by atoms with Crippen molar-refractivity contribution >= 4 is 44.2 Å². The normalized spacial score (nSPS) is 12.6. The minimum atomic E-state index is -0.00833. The number of hydrogen-bond donors (Lipinski definition) is 1. The summed E-state index contributed by atoms with van der Waals surface area (Å²) in [6.45, 7) is 4.11. The van der Waals surface area contributed by atoms with Gasteiger partial charge in [0.15, 0.2) is 5.15 Å². The van der Waals surface area contributed by atoms with Crippen molar-refractivity contribution in [1.82, 2.24) is 4.98 Å². The molecular formula is C16H14BrClN2O. The summed E-state index contributed by atoms with van der Waals surface area (Å²) in [4.78, 5) is 4.12. The Morgan fingerprint density at radius 3 is 2.86 bits per heavy atom. The molecule has 1 N–H and O–H groups in total. The Bertz CT molecular complexity index is 800. The zero-order valence-corrected chi connectivity index (χ0v) is 14.0. The van der Waals surface area contributed by atoms with E-state index in [1.54, 1.807) is 6.20 Å². The Kier molecular flexibility index (Phi) is 3.91. The third-order valence-corrected chi connectivity index (χ3v) is 4.19. The number of fused-ring (bicyclic) bond motifs is 1. The zero-order valence-electron chi connectivity index (χ0n) is 11.7. The fourth-order valence-corrected chi connectivity index (χ4v) is 2.92. The van der Waals surface area contributed by atoms with Gasteiger partial charge >= 0.3 is 0 Å². The van der Waals surface area contributed by atoms with Crippen LogP contribution in [-0.2, 0) is 0 Å². The number of aryl methyl sites for hydroxylation is 1. The number of nitrogens with one attached hydrogen (secondary N) is 1. The van der Waals surface area contributed by atoms with Crippen LogP contribution < -0.4 is 5.32 Å². The number of anilines is 1. The van der Waals surface area contributed by atoms with Crippen molar-refractivity contribution in [2.24, 2.45) is 0 Å². The molecule has 5 heteroatoms. The molecular weight excluding hydrogens is 352 g/mol. The molecule has 1 unspecified atom stereocenters. The van der Waals surface area contributed by atoms with Gasteiger partial charge in [-0.25, -0.2) is 4.98 Å². The maximum atomic E-state index is 6.12. The lowest BCUT2D eigenvalue weighted by Gasteiger charge is -2.15. The van der Waals surface area contributed by atoms with Crippen LogP contribution >= 0.6 is 27.5 Å². The summed E-state index contributed by atoms with van der Waals surface area (Å²) in [6, 6.07) is 9.93. The van der Waals surface area contributed by atoms with Gasteiger partial charge in [-0.1, -0.05) is 29.8 Å². The molecule has 2 aromatic heterocycles. The first kappa shape index (κ1) is 14.4. The summed E-state index contributed by atoms with van der Waals surface area (Å²) < 4.78 is 6.84. The smallest absolute Gasteiger partial charge is 0.152 e. The van der Waals surface area contributed by atoms with Crippen molar-refractivity contribution in [3.63, 3.8) is 0 Å². The second-order valence-electron chi connectivity index (χ2n) is 4.95. The van der Waals surface area contributed by atoms with Crippen LogP contribution in [0.2, 0.25) is 5.15 Å². The Morgan fingerprint density at radius 2 is 2.10 bits per heavy atom. The topological polar surface area (TPSA) is 38.1 Å². The molecule has 2 heterocycles. The van der Waals surface area contributed by atoms with E-state index in [2.05, 4.69) is 39.2 Å². The lowest BCUT2D eigenvalue weighted by atomic mass is 10.1. The van der Waals surface area contributed by atoms with Gasteiger partial charge in [0.05, 0.1) is 11.7 Å². The second kappa shape index (κ2) is 5.70. The van der Waals surface area contributed by atoms with Crippen molar-refractivity contribution < 1.29 is 4.42 Å². The fraction of sp³-hybridized carbons (Fsp3) is 0.188. The molecule has 3 nitrogen and oxygen atoms in total. The van der Waals surface area contributed by atoms with Crippen LogP contribution in [0, 0.1) is 6.92 Å². The number of rotatable bonds is 3. The van der Waals surface area contributed by atoms with Gasteiger partial charge < -0.3 is 9.73 Å². The van der Waals surface area contributed by atoms with Crippen molar-refractivity contribution in [2.45, 2.75) is 19.9 Å². The van der Waals surface area contributed by atoms with Crippen molar-refractivity contribution in [1.29, 1.82) is 0 Å². The first-order valence-electron chi connectivity index (χ1n) is 6.62. The number of pyridine rings is 1. The third-order valence-electron chi connectivity index (χ3n) is 3.45. The molecule has 0 aliphatic rings. The average Bonchev–Trinajstić information content (AvgIpc) is 2.81. The van der Waals surface area contributed by atoms with Crippen LogP contribution in [0.4, 0.5) is 5.69 Å². The molecule has 0 amide bonds. The van der Waals surface area contributed by atoms with Crippen LogP contribution in [0.1, 0.15) is 24.3 Å². The Morgan fingerprint density at radius 1 is 1.33 bits per heavy atom. The molecule has 0 saturated heterocycles. The van der Waals surface area contributed by atoms with Gasteiger partial charge in [0, 0.05) is 21.6 Å². The number of nitrogens with zero attached hydrogens (tertiary/aromatic N) is 1. The highest BCUT2D eigenvalue weighted by Gasteiger charge is 2.17. The van der Waals surface area contributed by atoms with Gasteiger partial charge in [-0.3, -0.25) is 0 Å². The van der Waals surface area contributed by atoms with E-state index in [0.29, 0.717) is 5.15 Å². The highest BCUT2D eigenvalue weighted by Crippen LogP contribution is 2.32. The quantitative estimate of drug-likeness (QED) is 0.603. The number of para-hydroxylation sites is 1. The first-order valence-corrected chi connectivity index (χ1v) is 7.79. The number of benzene rings is 1. The molecule has 108 valence electrons. The number of aromatic nitrogens is 1. The average molecular weight is 366 g/mol. The van der Waals surface area contributed by atoms with E-state index in [4.69, 9.17) is 16.0 Å². The molecule has 0 spiro atoms. The predicted molar refractivity (Wildman–Crippen MR) is 89.9 cm³/mol. The summed E-state index contributed by atoms with van der Waals surface area (Å²) in [7, 11) is 0. The van der Waals surface area contributed by atoms with E-state index < -0.39 is 0 Å². The number of halogens is 2. The maximum absolute atomic E-state index is 6.12. The van der Waals surface area contributed by atoms with Gasteiger partial charge in [0.1, 0.15) is 11.3 Å². The Balaban J connectivity index is 1.95. The lowest BCUT2D eigenvalue weighted by molar-refractivity contribution is 0.522. The summed E-state index contributed by atoms with van der Waals surface area (Å²) in [6.07, 6.45) is 1.67. The Labute approximate surface area is 136 Å². The number of hydrogen-bond acceptors (Lipinski definition) is 3. The molecule has 0 fully saturated rings. The van der Waals surface area contributed by atoms with E-state index in [-0.39, 0.29) is 6.04 Å². The zero-order chi connectivity index (χ0) is 15.0. The third kappa shape index (κ3) is 2.78. The van der Waals surface area contributed by atoms with Crippen molar-refractivity contribution in [3.05, 3.63) is 57.5 Å². The van der Waals surface area contributed by atoms with E-state index in [9.17, 15) is 0 Å². The Hall–Kier alpha value is -1.52. The van der Waals surface area contributed by atoms with Crippen LogP contribution in [-0.4, -0.2) is 4.98 Å². The largest absolute Gasteiger partial charge is 0.459 e. The molecule has 1 aromatic carbocycles. The standard InChI is InChI=1S/C16H14BrClN2O/c1-9-12-5-3-4-6-14(12)21-15(9)10(2)20-13-7-11(17)8-19-16(13)18/h3-8,10,20H,1-2H3. The van der Waals surface area contributed by atoms with Gasteiger partial charge in [-0.2, -0.15) is 0 Å². The summed E-state index contributed by atoms with van der Waals surface area (Å²) in [5.41, 5.74) is 2.82. The van der Waals surface area contributed by atoms with E-state index in [1.807, 2.05) is 31.2 Å². The van der Waals surface area contributed by atoms with E-state index in [0.717, 1.165) is 32.5 Å². The maximum Gasteiger partial charge on any atom is 0.152 e. The molecule has 1 atom stereocenters. The van der Waals surface area contributed by atoms with Gasteiger partial charge in [-0.05, 0) is 41.9 Å². The summed E-state index contributed by atoms with van der Waals surface area (Å²) >= 11 is 9.52. The molecule has 3 aromatic rings. The second-order valence-corrected chi connectivity index (χ2v) is 6.22. The molecule has 21 heavy (non-hydrogen) atoms. The molecule has 0 aliphatic heterocycles. The highest BCUT2D eigenvalue weighted by atomic mass is 79.9. The van der Waals surface area contributed by atoms with Crippen LogP contribution in [0.15, 0.2) is 45.4 Å². The monoisotopic (exact) mass is 364 g/mol.